The van der Waals surface area contributed by atoms with Crippen molar-refractivity contribution in [2.75, 3.05) is 5.32 Å². The first-order valence-electron chi connectivity index (χ1n) is 5.31. The van der Waals surface area contributed by atoms with Crippen LogP contribution in [0.1, 0.15) is 13.8 Å². The van der Waals surface area contributed by atoms with Crippen molar-refractivity contribution in [2.45, 2.75) is 18.2 Å². The average molecular weight is 293 g/mol. The van der Waals surface area contributed by atoms with Gasteiger partial charge in [-0.25, -0.2) is 0 Å². The number of carbonyl (C=O) groups is 1. The monoisotopic (exact) mass is 292 g/mol. The summed E-state index contributed by atoms with van der Waals surface area (Å²) in [5.41, 5.74) is 0.785. The van der Waals surface area contributed by atoms with Crippen LogP contribution in [0.15, 0.2) is 36.7 Å². The molecule has 88 valence electrons. The van der Waals surface area contributed by atoms with Crippen LogP contribution < -0.4 is 5.32 Å². The molecule has 0 aliphatic heterocycles. The van der Waals surface area contributed by atoms with Crippen molar-refractivity contribution in [1.82, 2.24) is 4.98 Å². The summed E-state index contributed by atoms with van der Waals surface area (Å²) in [5.74, 6) is -0.0751. The lowest BCUT2D eigenvalue weighted by atomic mass is 10.1. The van der Waals surface area contributed by atoms with E-state index in [1.165, 1.54) is 0 Å². The lowest BCUT2D eigenvalue weighted by Gasteiger charge is -2.16. The maximum Gasteiger partial charge on any atom is 0.240 e. The van der Waals surface area contributed by atoms with Crippen LogP contribution in [-0.2, 0) is 4.79 Å². The summed E-state index contributed by atoms with van der Waals surface area (Å²) in [5, 5.41) is 4.90. The molecule has 0 fully saturated rings. The molecule has 1 aromatic heterocycles. The van der Waals surface area contributed by atoms with E-state index in [-0.39, 0.29) is 5.91 Å². The van der Waals surface area contributed by atoms with Gasteiger partial charge in [-0.1, -0.05) is 28.1 Å². The molecule has 0 bridgehead atoms. The SMILES string of the molecule is CC(C)(Br)C(=O)Nc1cccc2ccncc12. The van der Waals surface area contributed by atoms with Crippen molar-refractivity contribution in [3.63, 3.8) is 0 Å². The third-order valence-corrected chi connectivity index (χ3v) is 2.83. The third-order valence-electron chi connectivity index (χ3n) is 2.47. The van der Waals surface area contributed by atoms with Gasteiger partial charge in [-0.3, -0.25) is 9.78 Å². The van der Waals surface area contributed by atoms with Gasteiger partial charge < -0.3 is 5.32 Å². The fourth-order valence-corrected chi connectivity index (χ4v) is 1.59. The number of pyridine rings is 1. The first-order chi connectivity index (χ1) is 7.98. The van der Waals surface area contributed by atoms with E-state index in [9.17, 15) is 4.79 Å². The summed E-state index contributed by atoms with van der Waals surface area (Å²) in [7, 11) is 0. The van der Waals surface area contributed by atoms with Crippen LogP contribution in [0.3, 0.4) is 0 Å². The van der Waals surface area contributed by atoms with Gasteiger partial charge in [-0.15, -0.1) is 0 Å². The molecule has 1 amide bonds. The number of nitrogens with zero attached hydrogens (tertiary/aromatic N) is 1. The molecule has 1 N–H and O–H groups in total. The molecule has 0 saturated carbocycles. The number of rotatable bonds is 2. The van der Waals surface area contributed by atoms with Gasteiger partial charge >= 0.3 is 0 Å². The Morgan fingerprint density at radius 3 is 2.82 bits per heavy atom. The Labute approximate surface area is 108 Å². The number of hydrogen-bond donors (Lipinski definition) is 1. The quantitative estimate of drug-likeness (QED) is 0.863. The highest BCUT2D eigenvalue weighted by molar-refractivity contribution is 9.10. The molecule has 1 aromatic carbocycles. The Bertz CT molecular complexity index is 555. The summed E-state index contributed by atoms with van der Waals surface area (Å²) < 4.78 is -0.586. The van der Waals surface area contributed by atoms with Gasteiger partial charge in [0, 0.05) is 17.8 Å². The number of fused-ring (bicyclic) bond motifs is 1. The molecule has 3 nitrogen and oxygen atoms in total. The lowest BCUT2D eigenvalue weighted by molar-refractivity contribution is -0.117. The van der Waals surface area contributed by atoms with Crippen molar-refractivity contribution in [3.05, 3.63) is 36.7 Å². The fourth-order valence-electron chi connectivity index (χ4n) is 1.49. The highest BCUT2D eigenvalue weighted by Crippen LogP contribution is 2.24. The van der Waals surface area contributed by atoms with E-state index < -0.39 is 4.32 Å². The summed E-state index contributed by atoms with van der Waals surface area (Å²) in [6, 6.07) is 7.70. The Kier molecular flexibility index (Phi) is 3.15. The number of carbonyl (C=O) groups excluding carboxylic acids is 1. The highest BCUT2D eigenvalue weighted by Gasteiger charge is 2.23. The zero-order valence-corrected chi connectivity index (χ0v) is 11.3. The molecule has 17 heavy (non-hydrogen) atoms. The first-order valence-corrected chi connectivity index (χ1v) is 6.11. The number of halogens is 1. The molecule has 2 rings (SSSR count). The molecule has 0 aliphatic carbocycles. The van der Waals surface area contributed by atoms with Gasteiger partial charge in [0.25, 0.3) is 0 Å². The van der Waals surface area contributed by atoms with Crippen molar-refractivity contribution in [2.24, 2.45) is 0 Å². The number of anilines is 1. The summed E-state index contributed by atoms with van der Waals surface area (Å²) in [4.78, 5) is 16.0. The second-order valence-corrected chi connectivity index (χ2v) is 6.31. The van der Waals surface area contributed by atoms with Crippen LogP contribution in [0.25, 0.3) is 10.8 Å². The zero-order valence-electron chi connectivity index (χ0n) is 9.70. The lowest BCUT2D eigenvalue weighted by Crippen LogP contribution is -2.31. The molecule has 0 aliphatic rings. The minimum Gasteiger partial charge on any atom is -0.324 e. The number of amides is 1. The first kappa shape index (κ1) is 12.0. The molecule has 4 heteroatoms. The van der Waals surface area contributed by atoms with E-state index in [2.05, 4.69) is 26.2 Å². The average Bonchev–Trinajstić information content (AvgIpc) is 2.28. The highest BCUT2D eigenvalue weighted by atomic mass is 79.9. The number of benzene rings is 1. The third kappa shape index (κ3) is 2.64. The molecule has 0 unspecified atom stereocenters. The number of aromatic nitrogens is 1. The van der Waals surface area contributed by atoms with Gasteiger partial charge in [0.1, 0.15) is 0 Å². The molecular weight excluding hydrogens is 280 g/mol. The van der Waals surface area contributed by atoms with E-state index in [1.54, 1.807) is 12.4 Å². The van der Waals surface area contributed by atoms with Crippen LogP contribution in [0, 0.1) is 0 Å². The Morgan fingerprint density at radius 1 is 1.35 bits per heavy atom. The van der Waals surface area contributed by atoms with Crippen molar-refractivity contribution < 1.29 is 4.79 Å². The maximum atomic E-state index is 11.9. The van der Waals surface area contributed by atoms with Crippen molar-refractivity contribution in [1.29, 1.82) is 0 Å². The molecular formula is C13H13BrN2O. The van der Waals surface area contributed by atoms with Gasteiger partial charge in [-0.2, -0.15) is 0 Å². The standard InChI is InChI=1S/C13H13BrN2O/c1-13(2,14)12(17)16-11-5-3-4-9-6-7-15-8-10(9)11/h3-8H,1-2H3,(H,16,17). The Hall–Kier alpha value is -1.42. The molecule has 0 atom stereocenters. The molecule has 2 aromatic rings. The van der Waals surface area contributed by atoms with Crippen LogP contribution in [0.4, 0.5) is 5.69 Å². The predicted molar refractivity (Wildman–Crippen MR) is 73.4 cm³/mol. The minimum absolute atomic E-state index is 0.0751. The summed E-state index contributed by atoms with van der Waals surface area (Å²) in [6.45, 7) is 3.62. The number of hydrogen-bond acceptors (Lipinski definition) is 2. The second-order valence-electron chi connectivity index (χ2n) is 4.33. The molecule has 1 heterocycles. The van der Waals surface area contributed by atoms with E-state index >= 15 is 0 Å². The van der Waals surface area contributed by atoms with E-state index in [4.69, 9.17) is 0 Å². The van der Waals surface area contributed by atoms with Crippen molar-refractivity contribution in [3.8, 4) is 0 Å². The minimum atomic E-state index is -0.586. The fraction of sp³-hybridized carbons (Fsp3) is 0.231. The summed E-state index contributed by atoms with van der Waals surface area (Å²) in [6.07, 6.45) is 3.49. The molecule has 0 spiro atoms. The topological polar surface area (TPSA) is 42.0 Å². The van der Waals surface area contributed by atoms with Crippen molar-refractivity contribution >= 4 is 38.3 Å². The predicted octanol–water partition coefficient (Wildman–Crippen LogP) is 3.35. The van der Waals surface area contributed by atoms with Gasteiger partial charge in [-0.05, 0) is 31.4 Å². The molecule has 0 saturated heterocycles. The zero-order chi connectivity index (χ0) is 12.5. The van der Waals surface area contributed by atoms with Crippen LogP contribution in [0.2, 0.25) is 0 Å². The Morgan fingerprint density at radius 2 is 2.12 bits per heavy atom. The normalized spacial score (nSPS) is 11.5. The van der Waals surface area contributed by atoms with Gasteiger partial charge in [0.15, 0.2) is 0 Å². The summed E-state index contributed by atoms with van der Waals surface area (Å²) >= 11 is 3.34. The van der Waals surface area contributed by atoms with Crippen LogP contribution >= 0.6 is 15.9 Å². The van der Waals surface area contributed by atoms with E-state index in [1.807, 2.05) is 38.1 Å². The van der Waals surface area contributed by atoms with Crippen LogP contribution in [0.5, 0.6) is 0 Å². The van der Waals surface area contributed by atoms with Crippen LogP contribution in [-0.4, -0.2) is 15.2 Å². The van der Waals surface area contributed by atoms with Gasteiger partial charge in [0.2, 0.25) is 5.91 Å². The largest absolute Gasteiger partial charge is 0.324 e. The number of alkyl halides is 1. The maximum absolute atomic E-state index is 11.9. The van der Waals surface area contributed by atoms with Gasteiger partial charge in [0.05, 0.1) is 10.0 Å². The van der Waals surface area contributed by atoms with E-state index in [0.717, 1.165) is 16.5 Å². The van der Waals surface area contributed by atoms with E-state index in [0.29, 0.717) is 0 Å². The number of nitrogens with one attached hydrogen (secondary N) is 1. The second kappa shape index (κ2) is 4.45. The molecule has 0 radical (unpaired) electrons. The smallest absolute Gasteiger partial charge is 0.240 e. The Balaban J connectivity index is 2.40.